The molecule has 10 heteroatoms. The zero-order valence-electron chi connectivity index (χ0n) is 22.7. The van der Waals surface area contributed by atoms with Crippen LogP contribution in [0.5, 0.6) is 11.5 Å². The molecule has 0 bridgehead atoms. The highest BCUT2D eigenvalue weighted by molar-refractivity contribution is 9.10. The zero-order chi connectivity index (χ0) is 29.4. The number of methoxy groups -OCH3 is 2. The number of hydrazone groups is 1. The van der Waals surface area contributed by atoms with E-state index in [-0.39, 0.29) is 16.9 Å². The summed E-state index contributed by atoms with van der Waals surface area (Å²) in [5.41, 5.74) is 3.24. The molecule has 0 amide bonds. The molecule has 0 saturated carbocycles. The summed E-state index contributed by atoms with van der Waals surface area (Å²) in [6.45, 7) is 0. The van der Waals surface area contributed by atoms with Crippen molar-refractivity contribution in [3.63, 3.8) is 0 Å². The van der Waals surface area contributed by atoms with Crippen LogP contribution in [-0.2, 0) is 10.0 Å². The molecule has 2 heterocycles. The molecule has 1 aliphatic heterocycles. The fourth-order valence-corrected chi connectivity index (χ4v) is 7.03. The van der Waals surface area contributed by atoms with Gasteiger partial charge in [0.25, 0.3) is 15.6 Å². The van der Waals surface area contributed by atoms with E-state index >= 15 is 0 Å². The first kappa shape index (κ1) is 27.7. The molecule has 0 radical (unpaired) electrons. The second kappa shape index (κ2) is 11.1. The summed E-state index contributed by atoms with van der Waals surface area (Å²) in [6, 6.07) is 27.9. The van der Waals surface area contributed by atoms with Crippen molar-refractivity contribution in [1.82, 2.24) is 9.40 Å². The molecule has 1 aromatic heterocycles. The van der Waals surface area contributed by atoms with Crippen molar-refractivity contribution in [2.24, 2.45) is 5.10 Å². The molecule has 1 aliphatic rings. The van der Waals surface area contributed by atoms with Crippen molar-refractivity contribution >= 4 is 42.6 Å². The van der Waals surface area contributed by atoms with Crippen LogP contribution < -0.4 is 15.0 Å². The Kier molecular flexibility index (Phi) is 7.34. The van der Waals surface area contributed by atoms with Crippen molar-refractivity contribution in [2.75, 3.05) is 14.2 Å². The van der Waals surface area contributed by atoms with E-state index in [0.717, 1.165) is 19.8 Å². The smallest absolute Gasteiger partial charge is 0.279 e. The number of fused-ring (bicyclic) bond motifs is 1. The van der Waals surface area contributed by atoms with Gasteiger partial charge in [-0.15, -0.1) is 0 Å². The summed E-state index contributed by atoms with van der Waals surface area (Å²) < 4.78 is 40.6. The number of halogens is 1. The first-order valence-corrected chi connectivity index (χ1v) is 15.3. The molecule has 4 aromatic carbocycles. The van der Waals surface area contributed by atoms with Gasteiger partial charge < -0.3 is 14.5 Å². The maximum Gasteiger partial charge on any atom is 0.279 e. The Balaban J connectivity index is 1.57. The molecule has 1 N–H and O–H groups in total. The molecule has 0 spiro atoms. The number of rotatable bonds is 7. The van der Waals surface area contributed by atoms with Gasteiger partial charge in [0.05, 0.1) is 36.4 Å². The lowest BCUT2D eigenvalue weighted by Gasteiger charge is -2.23. The molecule has 0 fully saturated rings. The molecule has 42 heavy (non-hydrogen) atoms. The van der Waals surface area contributed by atoms with Crippen LogP contribution in [0.25, 0.3) is 22.0 Å². The van der Waals surface area contributed by atoms with Crippen molar-refractivity contribution < 1.29 is 17.9 Å². The van der Waals surface area contributed by atoms with E-state index in [1.165, 1.54) is 19.2 Å². The SMILES string of the molecule is COc1ccc(C2CC(c3c(-c4ccccc4)c4cc(Br)ccc4[nH]c3=O)=NN2S(=O)(=O)c2ccc(OC)cc2)cc1. The Morgan fingerprint density at radius 3 is 2.14 bits per heavy atom. The molecule has 212 valence electrons. The number of hydrogen-bond donors (Lipinski definition) is 1. The van der Waals surface area contributed by atoms with Crippen LogP contribution in [0.3, 0.4) is 0 Å². The van der Waals surface area contributed by atoms with Crippen LogP contribution in [0.15, 0.2) is 116 Å². The third kappa shape index (κ3) is 4.97. The van der Waals surface area contributed by atoms with Gasteiger partial charge in [0.1, 0.15) is 11.5 Å². The number of pyridine rings is 1. The van der Waals surface area contributed by atoms with Gasteiger partial charge in [-0.05, 0) is 65.7 Å². The minimum atomic E-state index is -4.12. The minimum Gasteiger partial charge on any atom is -0.497 e. The number of aromatic amines is 1. The Bertz CT molecular complexity index is 1970. The Morgan fingerprint density at radius 2 is 1.50 bits per heavy atom. The molecular weight excluding hydrogens is 618 g/mol. The van der Waals surface area contributed by atoms with Crippen LogP contribution >= 0.6 is 15.9 Å². The third-order valence-corrected chi connectivity index (χ3v) is 9.49. The monoisotopic (exact) mass is 643 g/mol. The summed E-state index contributed by atoms with van der Waals surface area (Å²) >= 11 is 3.56. The lowest BCUT2D eigenvalue weighted by Crippen LogP contribution is -2.27. The van der Waals surface area contributed by atoms with Crippen LogP contribution in [-0.4, -0.2) is 37.7 Å². The summed E-state index contributed by atoms with van der Waals surface area (Å²) in [6.07, 6.45) is 0.185. The molecule has 0 saturated heterocycles. The number of H-pyrrole nitrogens is 1. The standard InChI is InChI=1S/C32H26BrN3O5S/c1-40-23-11-8-20(9-12-23)29-19-28(35-36(29)42(38,39)25-15-13-24(41-2)14-16-25)31-30(21-6-4-3-5-7-21)26-18-22(33)10-17-27(26)34-32(31)37/h3-18,29H,19H2,1-2H3,(H,34,37). The molecule has 5 aromatic rings. The molecule has 6 rings (SSSR count). The number of sulfonamides is 1. The highest BCUT2D eigenvalue weighted by Crippen LogP contribution is 2.40. The van der Waals surface area contributed by atoms with E-state index in [1.54, 1.807) is 31.4 Å². The van der Waals surface area contributed by atoms with E-state index in [0.29, 0.717) is 39.4 Å². The van der Waals surface area contributed by atoms with Gasteiger partial charge in [0.15, 0.2) is 0 Å². The normalized spacial score (nSPS) is 15.1. The van der Waals surface area contributed by atoms with Crippen molar-refractivity contribution in [2.45, 2.75) is 17.4 Å². The number of aromatic nitrogens is 1. The predicted octanol–water partition coefficient (Wildman–Crippen LogP) is 6.51. The topological polar surface area (TPSA) is 101 Å². The van der Waals surface area contributed by atoms with E-state index < -0.39 is 16.1 Å². The van der Waals surface area contributed by atoms with Gasteiger partial charge in [-0.3, -0.25) is 4.79 Å². The van der Waals surface area contributed by atoms with Gasteiger partial charge in [-0.1, -0.05) is 58.4 Å². The quantitative estimate of drug-likeness (QED) is 0.218. The average Bonchev–Trinajstić information content (AvgIpc) is 3.47. The Labute approximate surface area is 251 Å². The minimum absolute atomic E-state index is 0.0615. The fraction of sp³-hybridized carbons (Fsp3) is 0.125. The van der Waals surface area contributed by atoms with Crippen molar-refractivity contribution in [1.29, 1.82) is 0 Å². The first-order chi connectivity index (χ1) is 20.3. The maximum absolute atomic E-state index is 14.1. The van der Waals surface area contributed by atoms with E-state index in [4.69, 9.17) is 14.6 Å². The van der Waals surface area contributed by atoms with Gasteiger partial charge >= 0.3 is 0 Å². The largest absolute Gasteiger partial charge is 0.497 e. The molecule has 0 aliphatic carbocycles. The summed E-state index contributed by atoms with van der Waals surface area (Å²) in [4.78, 5) is 16.8. The van der Waals surface area contributed by atoms with Gasteiger partial charge in [0, 0.05) is 27.4 Å². The van der Waals surface area contributed by atoms with Crippen LogP contribution in [0.2, 0.25) is 0 Å². The fourth-order valence-electron chi connectivity index (χ4n) is 5.24. The average molecular weight is 645 g/mol. The lowest BCUT2D eigenvalue weighted by atomic mass is 9.91. The van der Waals surface area contributed by atoms with E-state index in [9.17, 15) is 13.2 Å². The van der Waals surface area contributed by atoms with Crippen LogP contribution in [0.4, 0.5) is 0 Å². The second-order valence-electron chi connectivity index (χ2n) is 9.75. The Hall–Kier alpha value is -4.41. The number of nitrogens with zero attached hydrogens (tertiary/aromatic N) is 2. The maximum atomic E-state index is 14.1. The van der Waals surface area contributed by atoms with Gasteiger partial charge in [-0.2, -0.15) is 17.9 Å². The highest BCUT2D eigenvalue weighted by Gasteiger charge is 2.39. The number of benzene rings is 4. The van der Waals surface area contributed by atoms with Crippen LogP contribution in [0.1, 0.15) is 23.6 Å². The summed E-state index contributed by atoms with van der Waals surface area (Å²) in [5.74, 6) is 1.18. The third-order valence-electron chi connectivity index (χ3n) is 7.30. The van der Waals surface area contributed by atoms with Crippen molar-refractivity contribution in [3.8, 4) is 22.6 Å². The zero-order valence-corrected chi connectivity index (χ0v) is 25.1. The summed E-state index contributed by atoms with van der Waals surface area (Å²) in [5, 5.41) is 5.50. The summed E-state index contributed by atoms with van der Waals surface area (Å²) in [7, 11) is -1.03. The highest BCUT2D eigenvalue weighted by atomic mass is 79.9. The molecular formula is C32H26BrN3O5S. The molecule has 1 atom stereocenters. The molecule has 1 unspecified atom stereocenters. The van der Waals surface area contributed by atoms with E-state index in [2.05, 4.69) is 20.9 Å². The Morgan fingerprint density at radius 1 is 0.857 bits per heavy atom. The second-order valence-corrected chi connectivity index (χ2v) is 12.5. The van der Waals surface area contributed by atoms with E-state index in [1.807, 2.05) is 60.7 Å². The number of ether oxygens (including phenoxy) is 2. The van der Waals surface area contributed by atoms with Gasteiger partial charge in [-0.25, -0.2) is 0 Å². The van der Waals surface area contributed by atoms with Gasteiger partial charge in [0.2, 0.25) is 0 Å². The van der Waals surface area contributed by atoms with Crippen molar-refractivity contribution in [3.05, 3.63) is 123 Å². The molecule has 8 nitrogen and oxygen atoms in total. The predicted molar refractivity (Wildman–Crippen MR) is 167 cm³/mol. The number of hydrogen-bond acceptors (Lipinski definition) is 6. The number of nitrogens with one attached hydrogen (secondary N) is 1. The lowest BCUT2D eigenvalue weighted by molar-refractivity contribution is 0.370. The van der Waals surface area contributed by atoms with Crippen LogP contribution in [0, 0.1) is 0 Å². The first-order valence-electron chi connectivity index (χ1n) is 13.1.